The lowest BCUT2D eigenvalue weighted by Gasteiger charge is -2.40. The van der Waals surface area contributed by atoms with E-state index in [2.05, 4.69) is 30.2 Å². The molecule has 33 heavy (non-hydrogen) atoms. The number of hydrogen-bond acceptors (Lipinski definition) is 8. The van der Waals surface area contributed by atoms with Crippen molar-refractivity contribution in [2.45, 2.75) is 19.8 Å². The van der Waals surface area contributed by atoms with Gasteiger partial charge in [-0.25, -0.2) is 9.97 Å². The molecule has 1 amide bonds. The number of rotatable bonds is 5. The number of fused-ring (bicyclic) bond motifs is 2. The van der Waals surface area contributed by atoms with Crippen molar-refractivity contribution < 1.29 is 9.21 Å². The molecular formula is C23H28N8O2. The van der Waals surface area contributed by atoms with E-state index in [0.29, 0.717) is 43.2 Å². The van der Waals surface area contributed by atoms with Crippen molar-refractivity contribution in [3.8, 4) is 0 Å². The highest BCUT2D eigenvalue weighted by Crippen LogP contribution is 2.36. The van der Waals surface area contributed by atoms with Crippen LogP contribution in [0.2, 0.25) is 0 Å². The van der Waals surface area contributed by atoms with E-state index in [9.17, 15) is 4.79 Å². The smallest absolute Gasteiger partial charge is 0.297 e. The van der Waals surface area contributed by atoms with Crippen LogP contribution in [0, 0.1) is 12.3 Å². The lowest BCUT2D eigenvalue weighted by molar-refractivity contribution is -0.126. The average molecular weight is 449 g/mol. The molecule has 0 saturated carbocycles. The van der Waals surface area contributed by atoms with Gasteiger partial charge in [-0.2, -0.15) is 4.98 Å². The summed E-state index contributed by atoms with van der Waals surface area (Å²) < 4.78 is 5.77. The zero-order chi connectivity index (χ0) is 23.2. The molecule has 0 unspecified atom stereocenters. The summed E-state index contributed by atoms with van der Waals surface area (Å²) in [7, 11) is 3.74. The molecule has 4 N–H and O–H groups in total. The van der Waals surface area contributed by atoms with Crippen LogP contribution in [0.15, 0.2) is 35.1 Å². The predicted molar refractivity (Wildman–Crippen MR) is 129 cm³/mol. The Morgan fingerprint density at radius 1 is 1.30 bits per heavy atom. The quantitative estimate of drug-likeness (QED) is 0.425. The zero-order valence-corrected chi connectivity index (χ0v) is 19.1. The Morgan fingerprint density at radius 2 is 2.09 bits per heavy atom. The summed E-state index contributed by atoms with van der Waals surface area (Å²) in [6.45, 7) is 3.70. The molecule has 0 aliphatic carbocycles. The molecule has 0 spiro atoms. The van der Waals surface area contributed by atoms with Gasteiger partial charge in [0.2, 0.25) is 5.91 Å². The molecule has 0 bridgehead atoms. The minimum Gasteiger partial charge on any atom is -0.423 e. The normalized spacial score (nSPS) is 15.8. The van der Waals surface area contributed by atoms with Crippen molar-refractivity contribution in [2.24, 2.45) is 11.1 Å². The number of aryl methyl sites for hydroxylation is 1. The minimum absolute atomic E-state index is 0.0676. The number of aromatic nitrogens is 4. The highest BCUT2D eigenvalue weighted by atomic mass is 16.4. The maximum atomic E-state index is 13.3. The molecule has 1 fully saturated rings. The number of oxazole rings is 1. The SMILES string of the molecule is Cc1c[nH]c2ncnc(N3CCC(CN)(C(=O)Nc4ccc5nc(N(C)C)oc5c4)CC3)c12. The van der Waals surface area contributed by atoms with E-state index in [4.69, 9.17) is 10.2 Å². The van der Waals surface area contributed by atoms with E-state index in [-0.39, 0.29) is 12.5 Å². The second kappa shape index (κ2) is 8.04. The number of carbonyl (C=O) groups excluding carboxylic acids is 1. The Kier molecular flexibility index (Phi) is 5.16. The summed E-state index contributed by atoms with van der Waals surface area (Å²) in [4.78, 5) is 33.8. The molecule has 4 aromatic rings. The third-order valence-electron chi connectivity index (χ3n) is 6.56. The zero-order valence-electron chi connectivity index (χ0n) is 19.1. The number of amides is 1. The first-order chi connectivity index (χ1) is 15.9. The van der Waals surface area contributed by atoms with Crippen LogP contribution in [0.4, 0.5) is 17.5 Å². The highest BCUT2D eigenvalue weighted by molar-refractivity contribution is 5.97. The molecule has 0 atom stereocenters. The van der Waals surface area contributed by atoms with Gasteiger partial charge >= 0.3 is 0 Å². The number of anilines is 3. The van der Waals surface area contributed by atoms with Gasteiger partial charge in [0, 0.05) is 51.7 Å². The Morgan fingerprint density at radius 3 is 2.82 bits per heavy atom. The molecule has 1 aliphatic rings. The van der Waals surface area contributed by atoms with Crippen molar-refractivity contribution >= 4 is 45.6 Å². The third kappa shape index (κ3) is 3.66. The molecule has 3 aromatic heterocycles. The van der Waals surface area contributed by atoms with E-state index >= 15 is 0 Å². The first-order valence-corrected chi connectivity index (χ1v) is 11.0. The van der Waals surface area contributed by atoms with Gasteiger partial charge in [0.05, 0.1) is 10.8 Å². The van der Waals surface area contributed by atoms with Gasteiger partial charge in [-0.15, -0.1) is 0 Å². The molecule has 10 heteroatoms. The number of benzene rings is 1. The van der Waals surface area contributed by atoms with Gasteiger partial charge in [0.15, 0.2) is 5.58 Å². The van der Waals surface area contributed by atoms with Crippen LogP contribution in [0.25, 0.3) is 22.1 Å². The number of nitrogens with one attached hydrogen (secondary N) is 2. The average Bonchev–Trinajstić information content (AvgIpc) is 3.42. The van der Waals surface area contributed by atoms with Crippen molar-refractivity contribution in [3.05, 3.63) is 36.3 Å². The summed E-state index contributed by atoms with van der Waals surface area (Å²) in [6, 6.07) is 6.02. The van der Waals surface area contributed by atoms with Gasteiger partial charge < -0.3 is 30.3 Å². The molecule has 1 aliphatic heterocycles. The van der Waals surface area contributed by atoms with E-state index in [1.165, 1.54) is 0 Å². The van der Waals surface area contributed by atoms with Crippen LogP contribution < -0.4 is 20.9 Å². The molecule has 4 heterocycles. The molecular weight excluding hydrogens is 420 g/mol. The van der Waals surface area contributed by atoms with E-state index in [1.54, 1.807) is 17.3 Å². The Bertz CT molecular complexity index is 1320. The fraction of sp³-hybridized carbons (Fsp3) is 0.391. The Labute approximate surface area is 191 Å². The second-order valence-corrected chi connectivity index (χ2v) is 8.89. The van der Waals surface area contributed by atoms with Gasteiger partial charge in [0.1, 0.15) is 23.3 Å². The van der Waals surface area contributed by atoms with Gasteiger partial charge in [-0.3, -0.25) is 4.79 Å². The summed E-state index contributed by atoms with van der Waals surface area (Å²) in [6.07, 6.45) is 4.79. The summed E-state index contributed by atoms with van der Waals surface area (Å²) >= 11 is 0. The summed E-state index contributed by atoms with van der Waals surface area (Å²) in [5.41, 5.74) is 9.49. The second-order valence-electron chi connectivity index (χ2n) is 8.89. The van der Waals surface area contributed by atoms with Crippen LogP contribution >= 0.6 is 0 Å². The molecule has 172 valence electrons. The van der Waals surface area contributed by atoms with Crippen LogP contribution in [0.5, 0.6) is 0 Å². The van der Waals surface area contributed by atoms with E-state index in [0.717, 1.165) is 27.9 Å². The van der Waals surface area contributed by atoms with Gasteiger partial charge in [0.25, 0.3) is 6.01 Å². The van der Waals surface area contributed by atoms with Gasteiger partial charge in [-0.1, -0.05) is 0 Å². The number of H-pyrrole nitrogens is 1. The topological polar surface area (TPSA) is 129 Å². The fourth-order valence-electron chi connectivity index (χ4n) is 4.45. The largest absolute Gasteiger partial charge is 0.423 e. The molecule has 1 saturated heterocycles. The third-order valence-corrected chi connectivity index (χ3v) is 6.56. The number of piperidine rings is 1. The Balaban J connectivity index is 1.33. The van der Waals surface area contributed by atoms with Crippen molar-refractivity contribution in [3.63, 3.8) is 0 Å². The molecule has 1 aromatic carbocycles. The highest BCUT2D eigenvalue weighted by Gasteiger charge is 2.41. The maximum Gasteiger partial charge on any atom is 0.297 e. The fourth-order valence-corrected chi connectivity index (χ4v) is 4.45. The van der Waals surface area contributed by atoms with Crippen molar-refractivity contribution in [1.29, 1.82) is 0 Å². The first kappa shape index (κ1) is 21.2. The van der Waals surface area contributed by atoms with Crippen LogP contribution in [0.1, 0.15) is 18.4 Å². The standard InChI is InChI=1S/C23H28N8O2/c1-14-11-25-19-18(14)20(27-13-26-19)31-8-6-23(12-24,7-9-31)21(32)28-15-4-5-16-17(10-15)33-22(29-16)30(2)3/h4-5,10-11,13H,6-9,12,24H2,1-3H3,(H,28,32)(H,25,26,27). The molecule has 10 nitrogen and oxygen atoms in total. The Hall–Kier alpha value is -3.66. The first-order valence-electron chi connectivity index (χ1n) is 11.0. The van der Waals surface area contributed by atoms with E-state index < -0.39 is 5.41 Å². The predicted octanol–water partition coefficient (Wildman–Crippen LogP) is 2.66. The van der Waals surface area contributed by atoms with E-state index in [1.807, 2.05) is 39.3 Å². The lowest BCUT2D eigenvalue weighted by atomic mass is 9.77. The van der Waals surface area contributed by atoms with Crippen LogP contribution in [-0.4, -0.2) is 59.6 Å². The number of carbonyl (C=O) groups is 1. The lowest BCUT2D eigenvalue weighted by Crippen LogP contribution is -2.50. The molecule has 5 rings (SSSR count). The van der Waals surface area contributed by atoms with Gasteiger partial charge in [-0.05, 0) is 37.5 Å². The van der Waals surface area contributed by atoms with Crippen LogP contribution in [-0.2, 0) is 4.79 Å². The number of hydrogen-bond donors (Lipinski definition) is 3. The summed E-state index contributed by atoms with van der Waals surface area (Å²) in [5.74, 6) is 0.833. The number of aromatic amines is 1. The van der Waals surface area contributed by atoms with Crippen LogP contribution in [0.3, 0.4) is 0 Å². The number of nitrogens with two attached hydrogens (primary N) is 1. The number of nitrogens with zero attached hydrogens (tertiary/aromatic N) is 5. The minimum atomic E-state index is -0.638. The van der Waals surface area contributed by atoms with Crippen molar-refractivity contribution in [1.82, 2.24) is 19.9 Å². The maximum absolute atomic E-state index is 13.3. The summed E-state index contributed by atoms with van der Waals surface area (Å²) in [5, 5.41) is 4.08. The monoisotopic (exact) mass is 448 g/mol. The molecule has 0 radical (unpaired) electrons. The van der Waals surface area contributed by atoms with Crippen molar-refractivity contribution in [2.75, 3.05) is 48.8 Å².